The van der Waals surface area contributed by atoms with E-state index < -0.39 is 0 Å². The van der Waals surface area contributed by atoms with Crippen molar-refractivity contribution in [2.75, 3.05) is 0 Å². The number of rotatable bonds is 11. The lowest BCUT2D eigenvalue weighted by molar-refractivity contribution is 0.405. The average molecular weight is 337 g/mol. The van der Waals surface area contributed by atoms with Crippen LogP contribution in [-0.4, -0.2) is 19.5 Å². The molecule has 2 heterocycles. The molecule has 0 aliphatic carbocycles. The van der Waals surface area contributed by atoms with Gasteiger partial charge in [0.1, 0.15) is 11.8 Å². The van der Waals surface area contributed by atoms with Crippen molar-refractivity contribution in [1.82, 2.24) is 19.5 Å². The first kappa shape index (κ1) is 18.2. The van der Waals surface area contributed by atoms with Crippen LogP contribution in [0.15, 0.2) is 12.7 Å². The third-order valence-corrected chi connectivity index (χ3v) is 4.77. The van der Waals surface area contributed by atoms with E-state index in [0.29, 0.717) is 16.8 Å². The summed E-state index contributed by atoms with van der Waals surface area (Å²) in [7, 11) is 0. The predicted octanol–water partition coefficient (Wildman–Crippen LogP) is 5.96. The highest BCUT2D eigenvalue weighted by atomic mass is 35.5. The fraction of sp³-hybridized carbons (Fsp3) is 0.722. The molecule has 0 amide bonds. The van der Waals surface area contributed by atoms with Gasteiger partial charge in [0, 0.05) is 6.04 Å². The number of halogens is 1. The summed E-state index contributed by atoms with van der Waals surface area (Å²) in [5.41, 5.74) is 1.60. The van der Waals surface area contributed by atoms with Crippen LogP contribution in [0.3, 0.4) is 0 Å². The lowest BCUT2D eigenvalue weighted by Gasteiger charge is -2.19. The molecule has 0 radical (unpaired) electrons. The van der Waals surface area contributed by atoms with Crippen molar-refractivity contribution >= 4 is 22.8 Å². The van der Waals surface area contributed by atoms with Gasteiger partial charge in [-0.25, -0.2) is 15.0 Å². The first-order valence-electron chi connectivity index (χ1n) is 9.11. The molecule has 128 valence electrons. The van der Waals surface area contributed by atoms with Crippen molar-refractivity contribution in [2.24, 2.45) is 0 Å². The van der Waals surface area contributed by atoms with Crippen molar-refractivity contribution in [1.29, 1.82) is 0 Å². The van der Waals surface area contributed by atoms with Gasteiger partial charge in [-0.15, -0.1) is 0 Å². The van der Waals surface area contributed by atoms with Crippen LogP contribution >= 0.6 is 11.6 Å². The van der Waals surface area contributed by atoms with Gasteiger partial charge in [0.05, 0.1) is 6.33 Å². The van der Waals surface area contributed by atoms with E-state index in [9.17, 15) is 0 Å². The summed E-state index contributed by atoms with van der Waals surface area (Å²) in [5, 5.41) is 0.513. The number of imidazole rings is 1. The summed E-state index contributed by atoms with van der Waals surface area (Å²) >= 11 is 6.30. The topological polar surface area (TPSA) is 43.6 Å². The number of fused-ring (bicyclic) bond motifs is 1. The number of unbranched alkanes of at least 4 members (excludes halogenated alkanes) is 6. The normalized spacial score (nSPS) is 12.8. The molecule has 0 bridgehead atoms. The lowest BCUT2D eigenvalue weighted by Crippen LogP contribution is -2.09. The van der Waals surface area contributed by atoms with Crippen molar-refractivity contribution in [2.45, 2.75) is 84.1 Å². The van der Waals surface area contributed by atoms with Gasteiger partial charge in [-0.3, -0.25) is 0 Å². The SMILES string of the molecule is CCCCCCCC(CCCCC)n1cnc2ncnc(Cl)c21. The van der Waals surface area contributed by atoms with Gasteiger partial charge in [0.25, 0.3) is 0 Å². The van der Waals surface area contributed by atoms with Gasteiger partial charge >= 0.3 is 0 Å². The second-order valence-electron chi connectivity index (χ2n) is 6.34. The molecule has 0 spiro atoms. The fourth-order valence-electron chi connectivity index (χ4n) is 3.15. The Hall–Kier alpha value is -1.16. The maximum absolute atomic E-state index is 6.30. The van der Waals surface area contributed by atoms with Crippen LogP contribution in [0.1, 0.15) is 84.1 Å². The molecule has 0 saturated carbocycles. The molecular formula is C18H29ClN4. The maximum atomic E-state index is 6.30. The first-order valence-corrected chi connectivity index (χ1v) is 9.48. The number of hydrogen-bond acceptors (Lipinski definition) is 3. The Bertz CT molecular complexity index is 581. The Morgan fingerprint density at radius 3 is 2.30 bits per heavy atom. The van der Waals surface area contributed by atoms with Gasteiger partial charge in [-0.2, -0.15) is 0 Å². The summed E-state index contributed by atoms with van der Waals surface area (Å²) in [5.74, 6) is 0. The monoisotopic (exact) mass is 336 g/mol. The molecule has 5 heteroatoms. The Balaban J connectivity index is 2.08. The van der Waals surface area contributed by atoms with E-state index in [1.54, 1.807) is 0 Å². The van der Waals surface area contributed by atoms with E-state index in [-0.39, 0.29) is 0 Å². The molecule has 2 aromatic heterocycles. The van der Waals surface area contributed by atoms with Crippen LogP contribution < -0.4 is 0 Å². The summed E-state index contributed by atoms with van der Waals surface area (Å²) in [6, 6.07) is 0.455. The van der Waals surface area contributed by atoms with Gasteiger partial charge in [-0.05, 0) is 12.8 Å². The first-order chi connectivity index (χ1) is 11.3. The standard InChI is InChI=1S/C18H29ClN4/c1-3-5-7-8-10-12-15(11-9-6-4-2)23-14-22-18-16(23)17(19)20-13-21-18/h13-15H,3-12H2,1-2H3. The van der Waals surface area contributed by atoms with E-state index >= 15 is 0 Å². The Morgan fingerprint density at radius 2 is 1.57 bits per heavy atom. The third-order valence-electron chi connectivity index (χ3n) is 4.50. The van der Waals surface area contributed by atoms with Crippen LogP contribution in [0.4, 0.5) is 0 Å². The molecule has 2 rings (SSSR count). The highest BCUT2D eigenvalue weighted by molar-refractivity contribution is 6.33. The minimum atomic E-state index is 0.455. The second-order valence-corrected chi connectivity index (χ2v) is 6.70. The predicted molar refractivity (Wildman–Crippen MR) is 96.9 cm³/mol. The van der Waals surface area contributed by atoms with E-state index in [4.69, 9.17) is 11.6 Å². The molecule has 0 aliphatic rings. The largest absolute Gasteiger partial charge is 0.324 e. The minimum absolute atomic E-state index is 0.455. The van der Waals surface area contributed by atoms with E-state index in [0.717, 1.165) is 5.52 Å². The summed E-state index contributed by atoms with van der Waals surface area (Å²) in [4.78, 5) is 12.8. The molecule has 1 atom stereocenters. The van der Waals surface area contributed by atoms with Crippen LogP contribution in [0.5, 0.6) is 0 Å². The quantitative estimate of drug-likeness (QED) is 0.375. The molecule has 4 nitrogen and oxygen atoms in total. The van der Waals surface area contributed by atoms with Crippen LogP contribution in [0.25, 0.3) is 11.2 Å². The molecule has 0 N–H and O–H groups in total. The number of hydrogen-bond donors (Lipinski definition) is 0. The fourth-order valence-corrected chi connectivity index (χ4v) is 3.38. The number of nitrogens with zero attached hydrogens (tertiary/aromatic N) is 4. The summed E-state index contributed by atoms with van der Waals surface area (Å²) in [6.07, 6.45) is 16.1. The van der Waals surface area contributed by atoms with Crippen LogP contribution in [0, 0.1) is 0 Å². The Labute approximate surface area is 144 Å². The highest BCUT2D eigenvalue weighted by Crippen LogP contribution is 2.29. The molecule has 23 heavy (non-hydrogen) atoms. The Morgan fingerprint density at radius 1 is 0.913 bits per heavy atom. The van der Waals surface area contributed by atoms with Crippen molar-refractivity contribution in [3.05, 3.63) is 17.8 Å². The van der Waals surface area contributed by atoms with E-state index in [1.165, 1.54) is 70.5 Å². The minimum Gasteiger partial charge on any atom is -0.324 e. The molecular weight excluding hydrogens is 308 g/mol. The van der Waals surface area contributed by atoms with Crippen molar-refractivity contribution in [3.8, 4) is 0 Å². The number of aromatic nitrogens is 4. The zero-order valence-corrected chi connectivity index (χ0v) is 15.2. The van der Waals surface area contributed by atoms with Crippen molar-refractivity contribution < 1.29 is 0 Å². The third kappa shape index (κ3) is 5.17. The lowest BCUT2D eigenvalue weighted by atomic mass is 10.0. The van der Waals surface area contributed by atoms with E-state index in [2.05, 4.69) is 33.4 Å². The molecule has 0 saturated heterocycles. The highest BCUT2D eigenvalue weighted by Gasteiger charge is 2.17. The van der Waals surface area contributed by atoms with Gasteiger partial charge < -0.3 is 4.57 Å². The average Bonchev–Trinajstić information content (AvgIpc) is 2.98. The van der Waals surface area contributed by atoms with Crippen molar-refractivity contribution in [3.63, 3.8) is 0 Å². The van der Waals surface area contributed by atoms with Crippen LogP contribution in [-0.2, 0) is 0 Å². The Kier molecular flexibility index (Phi) is 7.80. The zero-order valence-electron chi connectivity index (χ0n) is 14.5. The van der Waals surface area contributed by atoms with E-state index in [1.807, 2.05) is 6.33 Å². The molecule has 0 aliphatic heterocycles. The molecule has 0 aromatic carbocycles. The smallest absolute Gasteiger partial charge is 0.182 e. The summed E-state index contributed by atoms with van der Waals surface area (Å²) < 4.78 is 2.22. The van der Waals surface area contributed by atoms with Gasteiger partial charge in [-0.1, -0.05) is 76.8 Å². The molecule has 1 unspecified atom stereocenters. The summed E-state index contributed by atoms with van der Waals surface area (Å²) in [6.45, 7) is 4.50. The molecule has 2 aromatic rings. The second kappa shape index (κ2) is 9.86. The van der Waals surface area contributed by atoms with Crippen LogP contribution in [0.2, 0.25) is 5.15 Å². The molecule has 0 fully saturated rings. The maximum Gasteiger partial charge on any atom is 0.182 e. The zero-order chi connectivity index (χ0) is 16.5. The van der Waals surface area contributed by atoms with Gasteiger partial charge in [0.15, 0.2) is 10.8 Å². The van der Waals surface area contributed by atoms with Gasteiger partial charge in [0.2, 0.25) is 0 Å².